The monoisotopic (exact) mass is 240 g/mol. The molecule has 2 aromatic carbocycles. The molecule has 0 aromatic heterocycles. The number of para-hydroxylation sites is 1. The molecular weight excluding hydrogens is 227 g/mol. The van der Waals surface area contributed by atoms with Gasteiger partial charge in [-0.2, -0.15) is 5.26 Å². The number of hydrogen-bond donors (Lipinski definition) is 1. The van der Waals surface area contributed by atoms with Crippen LogP contribution in [0.5, 0.6) is 0 Å². The van der Waals surface area contributed by atoms with E-state index in [0.717, 1.165) is 16.8 Å². The minimum Gasteiger partial charge on any atom is -0.355 e. The summed E-state index contributed by atoms with van der Waals surface area (Å²) >= 11 is 0. The number of rotatable bonds is 2. The van der Waals surface area contributed by atoms with E-state index in [1.54, 1.807) is 6.07 Å². The van der Waals surface area contributed by atoms with E-state index in [-0.39, 0.29) is 0 Å². The highest BCUT2D eigenvalue weighted by Gasteiger charge is 2.05. The maximum Gasteiger partial charge on any atom is 0.126 e. The predicted octanol–water partition coefficient (Wildman–Crippen LogP) is 4.06. The highest BCUT2D eigenvalue weighted by Crippen LogP contribution is 2.25. The van der Waals surface area contributed by atoms with Gasteiger partial charge in [0.05, 0.1) is 11.6 Å². The van der Waals surface area contributed by atoms with E-state index in [1.807, 2.05) is 38.1 Å². The molecule has 0 aliphatic heterocycles. The fraction of sp³-hybridized carbons (Fsp3) is 0.133. The quantitative estimate of drug-likeness (QED) is 0.859. The molecule has 0 atom stereocenters. The van der Waals surface area contributed by atoms with Crippen molar-refractivity contribution in [3.05, 3.63) is 58.9 Å². The number of halogens is 1. The summed E-state index contributed by atoms with van der Waals surface area (Å²) in [5.74, 6) is -0.414. The molecule has 3 heteroatoms. The van der Waals surface area contributed by atoms with Crippen molar-refractivity contribution < 1.29 is 4.39 Å². The van der Waals surface area contributed by atoms with Crippen molar-refractivity contribution in [2.45, 2.75) is 13.8 Å². The smallest absolute Gasteiger partial charge is 0.126 e. The summed E-state index contributed by atoms with van der Waals surface area (Å²) < 4.78 is 13.3. The van der Waals surface area contributed by atoms with Gasteiger partial charge in [-0.3, -0.25) is 0 Å². The van der Waals surface area contributed by atoms with Gasteiger partial charge in [-0.25, -0.2) is 4.39 Å². The van der Waals surface area contributed by atoms with Gasteiger partial charge in [0.15, 0.2) is 0 Å². The lowest BCUT2D eigenvalue weighted by molar-refractivity contribution is 0.628. The van der Waals surface area contributed by atoms with Crippen molar-refractivity contribution in [3.8, 4) is 6.07 Å². The van der Waals surface area contributed by atoms with Crippen molar-refractivity contribution in [1.82, 2.24) is 0 Å². The highest BCUT2D eigenvalue weighted by atomic mass is 19.1. The molecule has 2 aromatic rings. The predicted molar refractivity (Wildman–Crippen MR) is 70.3 cm³/mol. The second-order valence-corrected chi connectivity index (χ2v) is 4.23. The standard InChI is InChI=1S/C15H13FN2/c1-10-4-3-5-11(2)15(10)18-14-7-12(9-17)6-13(16)8-14/h3-8,18H,1-2H3. The van der Waals surface area contributed by atoms with Crippen LogP contribution in [0, 0.1) is 31.0 Å². The van der Waals surface area contributed by atoms with Crippen molar-refractivity contribution in [1.29, 1.82) is 5.26 Å². The molecule has 2 rings (SSSR count). The summed E-state index contributed by atoms with van der Waals surface area (Å²) in [4.78, 5) is 0. The molecule has 0 saturated carbocycles. The fourth-order valence-corrected chi connectivity index (χ4v) is 1.88. The van der Waals surface area contributed by atoms with E-state index in [4.69, 9.17) is 5.26 Å². The Morgan fingerprint density at radius 3 is 2.39 bits per heavy atom. The molecular formula is C15H13FN2. The summed E-state index contributed by atoms with van der Waals surface area (Å²) in [6, 6.07) is 12.1. The molecule has 0 spiro atoms. The average Bonchev–Trinajstić information content (AvgIpc) is 2.33. The van der Waals surface area contributed by atoms with Crippen LogP contribution in [0.15, 0.2) is 36.4 Å². The zero-order valence-corrected chi connectivity index (χ0v) is 10.3. The van der Waals surface area contributed by atoms with Crippen LogP contribution in [0.3, 0.4) is 0 Å². The lowest BCUT2D eigenvalue weighted by atomic mass is 10.1. The first-order chi connectivity index (χ1) is 8.60. The number of hydrogen-bond acceptors (Lipinski definition) is 2. The first-order valence-corrected chi connectivity index (χ1v) is 5.64. The molecule has 0 aliphatic carbocycles. The van der Waals surface area contributed by atoms with Crippen LogP contribution in [-0.2, 0) is 0 Å². The summed E-state index contributed by atoms with van der Waals surface area (Å²) in [5, 5.41) is 12.0. The van der Waals surface area contributed by atoms with E-state index >= 15 is 0 Å². The number of aryl methyl sites for hydroxylation is 2. The van der Waals surface area contributed by atoms with E-state index in [2.05, 4.69) is 5.32 Å². The molecule has 0 radical (unpaired) electrons. The van der Waals surface area contributed by atoms with Crippen molar-refractivity contribution in [3.63, 3.8) is 0 Å². The summed E-state index contributed by atoms with van der Waals surface area (Å²) in [6.45, 7) is 3.97. The highest BCUT2D eigenvalue weighted by molar-refractivity contribution is 5.67. The Kier molecular flexibility index (Phi) is 3.29. The summed E-state index contributed by atoms with van der Waals surface area (Å²) in [6.07, 6.45) is 0. The second kappa shape index (κ2) is 4.89. The average molecular weight is 240 g/mol. The molecule has 2 nitrogen and oxygen atoms in total. The van der Waals surface area contributed by atoms with Gasteiger partial charge < -0.3 is 5.32 Å². The molecule has 0 heterocycles. The Hall–Kier alpha value is -2.34. The molecule has 0 amide bonds. The Morgan fingerprint density at radius 1 is 1.11 bits per heavy atom. The fourth-order valence-electron chi connectivity index (χ4n) is 1.88. The molecule has 90 valence electrons. The number of nitrogens with one attached hydrogen (secondary N) is 1. The van der Waals surface area contributed by atoms with Gasteiger partial charge in [0.1, 0.15) is 5.82 Å². The Morgan fingerprint density at radius 2 is 1.78 bits per heavy atom. The molecule has 0 saturated heterocycles. The van der Waals surface area contributed by atoms with Gasteiger partial charge >= 0.3 is 0 Å². The van der Waals surface area contributed by atoms with Crippen molar-refractivity contribution >= 4 is 11.4 Å². The first kappa shape index (κ1) is 12.1. The zero-order valence-electron chi connectivity index (χ0n) is 10.3. The number of nitriles is 1. The number of benzene rings is 2. The minimum absolute atomic E-state index is 0.309. The van der Waals surface area contributed by atoms with Crippen molar-refractivity contribution in [2.75, 3.05) is 5.32 Å². The summed E-state index contributed by atoms with van der Waals surface area (Å²) in [5.41, 5.74) is 4.01. The van der Waals surface area contributed by atoms with Gasteiger partial charge in [-0.05, 0) is 43.2 Å². The number of nitrogens with zero attached hydrogens (tertiary/aromatic N) is 1. The van der Waals surface area contributed by atoms with E-state index in [9.17, 15) is 4.39 Å². The zero-order chi connectivity index (χ0) is 13.1. The normalized spacial score (nSPS) is 9.89. The van der Waals surface area contributed by atoms with Crippen LogP contribution in [0.4, 0.5) is 15.8 Å². The molecule has 18 heavy (non-hydrogen) atoms. The van der Waals surface area contributed by atoms with Gasteiger partial charge in [0.25, 0.3) is 0 Å². The maximum absolute atomic E-state index is 13.3. The minimum atomic E-state index is -0.414. The van der Waals surface area contributed by atoms with Crippen molar-refractivity contribution in [2.24, 2.45) is 0 Å². The Balaban J connectivity index is 2.40. The van der Waals surface area contributed by atoms with Gasteiger partial charge in [0.2, 0.25) is 0 Å². The molecule has 0 unspecified atom stereocenters. The first-order valence-electron chi connectivity index (χ1n) is 5.64. The second-order valence-electron chi connectivity index (χ2n) is 4.23. The van der Waals surface area contributed by atoms with Gasteiger partial charge in [0, 0.05) is 11.4 Å². The van der Waals surface area contributed by atoms with Crippen LogP contribution in [0.2, 0.25) is 0 Å². The third-order valence-corrected chi connectivity index (χ3v) is 2.78. The lowest BCUT2D eigenvalue weighted by Gasteiger charge is -2.12. The SMILES string of the molecule is Cc1cccc(C)c1Nc1cc(F)cc(C#N)c1. The Labute approximate surface area is 106 Å². The molecule has 0 fully saturated rings. The van der Waals surface area contributed by atoms with Crippen LogP contribution >= 0.6 is 0 Å². The third-order valence-electron chi connectivity index (χ3n) is 2.78. The topological polar surface area (TPSA) is 35.8 Å². The van der Waals surface area contributed by atoms with E-state index in [1.165, 1.54) is 12.1 Å². The molecule has 0 aliphatic rings. The van der Waals surface area contributed by atoms with E-state index < -0.39 is 5.82 Å². The third kappa shape index (κ3) is 2.49. The van der Waals surface area contributed by atoms with E-state index in [0.29, 0.717) is 11.3 Å². The van der Waals surface area contributed by atoms with Crippen LogP contribution in [-0.4, -0.2) is 0 Å². The number of anilines is 2. The summed E-state index contributed by atoms with van der Waals surface area (Å²) in [7, 11) is 0. The van der Waals surface area contributed by atoms with Crippen LogP contribution < -0.4 is 5.32 Å². The lowest BCUT2D eigenvalue weighted by Crippen LogP contribution is -1.97. The van der Waals surface area contributed by atoms with Gasteiger partial charge in [-0.15, -0.1) is 0 Å². The maximum atomic E-state index is 13.3. The van der Waals surface area contributed by atoms with Gasteiger partial charge in [-0.1, -0.05) is 18.2 Å². The largest absolute Gasteiger partial charge is 0.355 e. The van der Waals surface area contributed by atoms with Crippen LogP contribution in [0.25, 0.3) is 0 Å². The molecule has 0 bridgehead atoms. The molecule has 1 N–H and O–H groups in total. The van der Waals surface area contributed by atoms with Crippen LogP contribution in [0.1, 0.15) is 16.7 Å². The Bertz CT molecular complexity index is 607.